The van der Waals surface area contributed by atoms with Crippen LogP contribution < -0.4 is 10.6 Å². The average Bonchev–Trinajstić information content (AvgIpc) is 3.43. The summed E-state index contributed by atoms with van der Waals surface area (Å²) in [6, 6.07) is 17.2. The van der Waals surface area contributed by atoms with E-state index in [1.165, 1.54) is 23.1 Å². The van der Waals surface area contributed by atoms with E-state index < -0.39 is 0 Å². The Hall–Kier alpha value is -3.50. The molecule has 0 aliphatic carbocycles. The van der Waals surface area contributed by atoms with Gasteiger partial charge >= 0.3 is 0 Å². The van der Waals surface area contributed by atoms with E-state index in [0.717, 1.165) is 16.8 Å². The molecule has 0 atom stereocenters. The maximum atomic E-state index is 12.4. The van der Waals surface area contributed by atoms with Gasteiger partial charge in [0, 0.05) is 23.6 Å². The number of rotatable bonds is 8. The molecule has 0 spiro atoms. The third kappa shape index (κ3) is 5.85. The second-order valence-corrected chi connectivity index (χ2v) is 9.05. The summed E-state index contributed by atoms with van der Waals surface area (Å²) in [6.45, 7) is 2.18. The first kappa shape index (κ1) is 22.7. The van der Waals surface area contributed by atoms with Crippen molar-refractivity contribution < 1.29 is 9.59 Å². The van der Waals surface area contributed by atoms with E-state index >= 15 is 0 Å². The summed E-state index contributed by atoms with van der Waals surface area (Å²) >= 11 is 2.66. The van der Waals surface area contributed by atoms with Crippen molar-refractivity contribution in [2.75, 3.05) is 11.1 Å². The molecule has 0 bridgehead atoms. The Morgan fingerprint density at radius 2 is 1.91 bits per heavy atom. The van der Waals surface area contributed by atoms with Crippen LogP contribution in [-0.2, 0) is 18.4 Å². The molecular formula is C23H22N6O2S2. The highest BCUT2D eigenvalue weighted by Gasteiger charge is 2.14. The van der Waals surface area contributed by atoms with E-state index in [1.807, 2.05) is 60.8 Å². The van der Waals surface area contributed by atoms with Crippen molar-refractivity contribution in [2.24, 2.45) is 7.05 Å². The summed E-state index contributed by atoms with van der Waals surface area (Å²) in [6.07, 6.45) is 0. The summed E-state index contributed by atoms with van der Waals surface area (Å²) in [5, 5.41) is 17.0. The van der Waals surface area contributed by atoms with Crippen molar-refractivity contribution in [1.29, 1.82) is 0 Å². The van der Waals surface area contributed by atoms with Gasteiger partial charge in [-0.3, -0.25) is 9.59 Å². The van der Waals surface area contributed by atoms with Gasteiger partial charge in [-0.2, -0.15) is 0 Å². The highest BCUT2D eigenvalue weighted by molar-refractivity contribution is 7.99. The first-order chi connectivity index (χ1) is 16.0. The summed E-state index contributed by atoms with van der Waals surface area (Å²) in [7, 11) is 1.81. The lowest BCUT2D eigenvalue weighted by Crippen LogP contribution is -2.24. The second kappa shape index (κ2) is 10.4. The lowest BCUT2D eigenvalue weighted by atomic mass is 10.1. The first-order valence-electron chi connectivity index (χ1n) is 10.2. The van der Waals surface area contributed by atoms with Gasteiger partial charge in [0.25, 0.3) is 5.91 Å². The Balaban J connectivity index is 1.28. The minimum atomic E-state index is -0.175. The SMILES string of the molecule is Cc1cccc(C(=O)NCc2nnc(SCC(=O)Nc3nc(-c4ccccc4)cs3)n2C)c1. The molecule has 0 saturated carbocycles. The topological polar surface area (TPSA) is 102 Å². The second-order valence-electron chi connectivity index (χ2n) is 7.25. The molecule has 0 aliphatic rings. The van der Waals surface area contributed by atoms with Crippen molar-refractivity contribution in [1.82, 2.24) is 25.1 Å². The molecule has 10 heteroatoms. The van der Waals surface area contributed by atoms with Crippen LogP contribution in [0.3, 0.4) is 0 Å². The number of thiazole rings is 1. The molecule has 2 amide bonds. The number of hydrogen-bond acceptors (Lipinski definition) is 7. The Morgan fingerprint density at radius 1 is 1.09 bits per heavy atom. The summed E-state index contributed by atoms with van der Waals surface area (Å²) in [5.74, 6) is 0.424. The van der Waals surface area contributed by atoms with Gasteiger partial charge in [0.15, 0.2) is 16.1 Å². The maximum absolute atomic E-state index is 12.4. The number of aromatic nitrogens is 4. The van der Waals surface area contributed by atoms with Crippen LogP contribution in [0.4, 0.5) is 5.13 Å². The van der Waals surface area contributed by atoms with Crippen molar-refractivity contribution in [3.63, 3.8) is 0 Å². The lowest BCUT2D eigenvalue weighted by Gasteiger charge is -2.06. The summed E-state index contributed by atoms with van der Waals surface area (Å²) in [5.41, 5.74) is 3.45. The smallest absolute Gasteiger partial charge is 0.251 e. The van der Waals surface area contributed by atoms with E-state index in [4.69, 9.17) is 0 Å². The van der Waals surface area contributed by atoms with Gasteiger partial charge < -0.3 is 15.2 Å². The third-order valence-electron chi connectivity index (χ3n) is 4.76. The van der Waals surface area contributed by atoms with Crippen LogP contribution in [-0.4, -0.2) is 37.3 Å². The third-order valence-corrected chi connectivity index (χ3v) is 6.54. The molecule has 0 fully saturated rings. The molecule has 0 aliphatic heterocycles. The van der Waals surface area contributed by atoms with Crippen LogP contribution >= 0.6 is 23.1 Å². The molecule has 168 valence electrons. The van der Waals surface area contributed by atoms with Gasteiger partial charge in [0.1, 0.15) is 0 Å². The van der Waals surface area contributed by atoms with Crippen LogP contribution in [0.2, 0.25) is 0 Å². The Morgan fingerprint density at radius 3 is 2.70 bits per heavy atom. The van der Waals surface area contributed by atoms with Crippen molar-refractivity contribution in [3.8, 4) is 11.3 Å². The number of aryl methyl sites for hydroxylation is 1. The lowest BCUT2D eigenvalue weighted by molar-refractivity contribution is -0.113. The maximum Gasteiger partial charge on any atom is 0.251 e. The highest BCUT2D eigenvalue weighted by atomic mass is 32.2. The van der Waals surface area contributed by atoms with E-state index in [-0.39, 0.29) is 24.1 Å². The Bertz CT molecular complexity index is 1270. The van der Waals surface area contributed by atoms with E-state index in [0.29, 0.717) is 21.7 Å². The molecule has 0 saturated heterocycles. The number of amides is 2. The van der Waals surface area contributed by atoms with Crippen LogP contribution in [0.5, 0.6) is 0 Å². The molecule has 33 heavy (non-hydrogen) atoms. The number of hydrogen-bond donors (Lipinski definition) is 2. The van der Waals surface area contributed by atoms with Crippen LogP contribution in [0.1, 0.15) is 21.7 Å². The van der Waals surface area contributed by atoms with Gasteiger partial charge in [-0.25, -0.2) is 4.98 Å². The summed E-state index contributed by atoms with van der Waals surface area (Å²) < 4.78 is 1.77. The Labute approximate surface area is 199 Å². The van der Waals surface area contributed by atoms with Crippen molar-refractivity contribution in [3.05, 3.63) is 76.9 Å². The molecule has 2 heterocycles. The minimum Gasteiger partial charge on any atom is -0.345 e. The van der Waals surface area contributed by atoms with Crippen LogP contribution in [0, 0.1) is 6.92 Å². The fraction of sp³-hybridized carbons (Fsp3) is 0.174. The van der Waals surface area contributed by atoms with Crippen molar-refractivity contribution >= 4 is 40.0 Å². The average molecular weight is 479 g/mol. The molecule has 4 rings (SSSR count). The monoisotopic (exact) mass is 478 g/mol. The largest absolute Gasteiger partial charge is 0.345 e. The standard InChI is InChI=1S/C23H22N6O2S2/c1-15-7-6-10-17(11-15)21(31)24-12-19-27-28-23(29(19)2)33-14-20(30)26-22-25-18(13-32-22)16-8-4-3-5-9-16/h3-11,13H,12,14H2,1-2H3,(H,24,31)(H,25,26,30). The number of nitrogens with zero attached hydrogens (tertiary/aromatic N) is 4. The molecule has 2 N–H and O–H groups in total. The number of anilines is 1. The zero-order valence-electron chi connectivity index (χ0n) is 18.1. The van der Waals surface area contributed by atoms with E-state index in [2.05, 4.69) is 25.8 Å². The minimum absolute atomic E-state index is 0.169. The van der Waals surface area contributed by atoms with Gasteiger partial charge in [0.05, 0.1) is 18.0 Å². The zero-order chi connectivity index (χ0) is 23.2. The summed E-state index contributed by atoms with van der Waals surface area (Å²) in [4.78, 5) is 29.2. The van der Waals surface area contributed by atoms with Gasteiger partial charge in [-0.15, -0.1) is 21.5 Å². The van der Waals surface area contributed by atoms with E-state index in [1.54, 1.807) is 17.7 Å². The Kier molecular flexibility index (Phi) is 7.16. The highest BCUT2D eigenvalue weighted by Crippen LogP contribution is 2.25. The van der Waals surface area contributed by atoms with Crippen molar-refractivity contribution in [2.45, 2.75) is 18.6 Å². The van der Waals surface area contributed by atoms with Gasteiger partial charge in [0.2, 0.25) is 5.91 Å². The number of carbonyl (C=O) groups is 2. The van der Waals surface area contributed by atoms with E-state index in [9.17, 15) is 9.59 Å². The number of nitrogens with one attached hydrogen (secondary N) is 2. The molecular weight excluding hydrogens is 456 g/mol. The van der Waals surface area contributed by atoms with Gasteiger partial charge in [-0.05, 0) is 19.1 Å². The number of carbonyl (C=O) groups excluding carboxylic acids is 2. The zero-order valence-corrected chi connectivity index (χ0v) is 19.7. The molecule has 0 unspecified atom stereocenters. The molecule has 0 radical (unpaired) electrons. The predicted molar refractivity (Wildman–Crippen MR) is 130 cm³/mol. The number of benzene rings is 2. The predicted octanol–water partition coefficient (Wildman–Crippen LogP) is 3.91. The molecule has 2 aromatic heterocycles. The molecule has 2 aromatic carbocycles. The van der Waals surface area contributed by atoms with Gasteiger partial charge in [-0.1, -0.05) is 59.8 Å². The van der Waals surface area contributed by atoms with Crippen LogP contribution in [0.15, 0.2) is 65.1 Å². The normalized spacial score (nSPS) is 10.7. The van der Waals surface area contributed by atoms with Crippen LogP contribution in [0.25, 0.3) is 11.3 Å². The first-order valence-corrected chi connectivity index (χ1v) is 12.0. The molecule has 4 aromatic rings. The number of thioether (sulfide) groups is 1. The fourth-order valence-corrected chi connectivity index (χ4v) is 4.50. The molecule has 8 nitrogen and oxygen atoms in total. The fourth-order valence-electron chi connectivity index (χ4n) is 3.03. The quantitative estimate of drug-likeness (QED) is 0.372.